The molecule has 9 nitrogen and oxygen atoms in total. The molecule has 0 saturated carbocycles. The largest absolute Gasteiger partial charge is 0.479 e. The monoisotopic (exact) mass is 486 g/mol. The molecule has 1 amide bonds. The number of para-hydroxylation sites is 2. The number of hydrogen-bond acceptors (Lipinski definition) is 7. The van der Waals surface area contributed by atoms with Gasteiger partial charge in [-0.3, -0.25) is 14.4 Å². The van der Waals surface area contributed by atoms with E-state index in [0.29, 0.717) is 24.5 Å². The average Bonchev–Trinajstić information content (AvgIpc) is 3.39. The molecule has 1 unspecified atom stereocenters. The SMILES string of the molecule is CC1Oc2ccccc2N(CCC(=O)OCC(=O)c2ccc(S(=O)(=O)N3CCCC3)cc2)C1=O. The Kier molecular flexibility index (Phi) is 6.99. The maximum atomic E-state index is 12.6. The number of ether oxygens (including phenoxy) is 2. The zero-order chi connectivity index (χ0) is 24.3. The van der Waals surface area contributed by atoms with E-state index in [4.69, 9.17) is 9.47 Å². The quantitative estimate of drug-likeness (QED) is 0.416. The van der Waals surface area contributed by atoms with Crippen molar-refractivity contribution < 1.29 is 32.3 Å². The van der Waals surface area contributed by atoms with Crippen molar-refractivity contribution >= 4 is 33.4 Å². The Bertz CT molecular complexity index is 1190. The van der Waals surface area contributed by atoms with E-state index in [0.717, 1.165) is 12.8 Å². The molecule has 0 aliphatic carbocycles. The third kappa shape index (κ3) is 4.97. The van der Waals surface area contributed by atoms with Crippen LogP contribution in [0.15, 0.2) is 53.4 Å². The molecule has 2 aliphatic rings. The van der Waals surface area contributed by atoms with Crippen LogP contribution in [0.5, 0.6) is 5.75 Å². The van der Waals surface area contributed by atoms with Gasteiger partial charge in [0.2, 0.25) is 10.0 Å². The van der Waals surface area contributed by atoms with E-state index in [1.54, 1.807) is 31.2 Å². The highest BCUT2D eigenvalue weighted by Crippen LogP contribution is 2.33. The van der Waals surface area contributed by atoms with E-state index in [2.05, 4.69) is 0 Å². The maximum Gasteiger partial charge on any atom is 0.308 e. The summed E-state index contributed by atoms with van der Waals surface area (Å²) in [5, 5.41) is 0. The van der Waals surface area contributed by atoms with E-state index in [-0.39, 0.29) is 29.3 Å². The number of carbonyl (C=O) groups excluding carboxylic acids is 3. The third-order valence-corrected chi connectivity index (χ3v) is 7.77. The first-order chi connectivity index (χ1) is 16.3. The second-order valence-corrected chi connectivity index (χ2v) is 10.1. The van der Waals surface area contributed by atoms with Crippen LogP contribution in [-0.2, 0) is 24.3 Å². The van der Waals surface area contributed by atoms with Crippen LogP contribution in [-0.4, -0.2) is 62.7 Å². The maximum absolute atomic E-state index is 12.6. The Morgan fingerprint density at radius 3 is 2.44 bits per heavy atom. The smallest absolute Gasteiger partial charge is 0.308 e. The zero-order valence-electron chi connectivity index (χ0n) is 18.8. The van der Waals surface area contributed by atoms with Crippen LogP contribution in [0.1, 0.15) is 36.5 Å². The van der Waals surface area contributed by atoms with Crippen molar-refractivity contribution in [2.45, 2.75) is 37.2 Å². The number of sulfonamides is 1. The van der Waals surface area contributed by atoms with Crippen LogP contribution in [0.4, 0.5) is 5.69 Å². The highest BCUT2D eigenvalue weighted by atomic mass is 32.2. The zero-order valence-corrected chi connectivity index (χ0v) is 19.6. The fraction of sp³-hybridized carbons (Fsp3) is 0.375. The standard InChI is InChI=1S/C24H26N2O7S/c1-17-24(29)26(20-6-2-3-7-22(20)33-17)15-12-23(28)32-16-21(27)18-8-10-19(11-9-18)34(30,31)25-13-4-5-14-25/h2-3,6-11,17H,4-5,12-16H2,1H3. The summed E-state index contributed by atoms with van der Waals surface area (Å²) in [6.07, 6.45) is 0.927. The van der Waals surface area contributed by atoms with Crippen molar-refractivity contribution in [1.82, 2.24) is 4.31 Å². The fourth-order valence-corrected chi connectivity index (χ4v) is 5.50. The number of carbonyl (C=O) groups is 3. The van der Waals surface area contributed by atoms with Crippen molar-refractivity contribution in [2.75, 3.05) is 31.1 Å². The van der Waals surface area contributed by atoms with Gasteiger partial charge in [-0.25, -0.2) is 8.42 Å². The lowest BCUT2D eigenvalue weighted by Gasteiger charge is -2.32. The van der Waals surface area contributed by atoms with Crippen molar-refractivity contribution in [3.63, 3.8) is 0 Å². The van der Waals surface area contributed by atoms with Crippen LogP contribution in [0.25, 0.3) is 0 Å². The molecule has 2 aromatic carbocycles. The van der Waals surface area contributed by atoms with E-state index in [1.165, 1.54) is 33.5 Å². The summed E-state index contributed by atoms with van der Waals surface area (Å²) in [4.78, 5) is 38.7. The van der Waals surface area contributed by atoms with Gasteiger partial charge in [0.1, 0.15) is 5.75 Å². The van der Waals surface area contributed by atoms with Crippen LogP contribution in [0.2, 0.25) is 0 Å². The molecular formula is C24H26N2O7S. The highest BCUT2D eigenvalue weighted by Gasteiger charge is 2.31. The highest BCUT2D eigenvalue weighted by molar-refractivity contribution is 7.89. The predicted molar refractivity (Wildman–Crippen MR) is 123 cm³/mol. The number of amides is 1. The minimum atomic E-state index is -3.56. The third-order valence-electron chi connectivity index (χ3n) is 5.86. The van der Waals surface area contributed by atoms with Gasteiger partial charge in [-0.15, -0.1) is 0 Å². The lowest BCUT2D eigenvalue weighted by atomic mass is 10.1. The molecule has 0 radical (unpaired) electrons. The normalized spacial score (nSPS) is 18.3. The Labute approximate surface area is 198 Å². The van der Waals surface area contributed by atoms with Gasteiger partial charge in [-0.05, 0) is 56.2 Å². The van der Waals surface area contributed by atoms with Gasteiger partial charge in [-0.1, -0.05) is 12.1 Å². The first kappa shape index (κ1) is 23.9. The summed E-state index contributed by atoms with van der Waals surface area (Å²) >= 11 is 0. The second-order valence-electron chi connectivity index (χ2n) is 8.19. The lowest BCUT2D eigenvalue weighted by Crippen LogP contribution is -2.45. The molecule has 2 aromatic rings. The number of ketones is 1. The van der Waals surface area contributed by atoms with Crippen LogP contribution >= 0.6 is 0 Å². The van der Waals surface area contributed by atoms with Gasteiger partial charge in [-0.2, -0.15) is 4.31 Å². The Hall–Kier alpha value is -3.24. The van der Waals surface area contributed by atoms with Gasteiger partial charge in [0.25, 0.3) is 5.91 Å². The van der Waals surface area contributed by atoms with Crippen molar-refractivity contribution in [1.29, 1.82) is 0 Å². The molecule has 34 heavy (non-hydrogen) atoms. The van der Waals surface area contributed by atoms with Gasteiger partial charge in [0, 0.05) is 25.2 Å². The molecule has 2 aliphatic heterocycles. The van der Waals surface area contributed by atoms with Gasteiger partial charge >= 0.3 is 5.97 Å². The number of Topliss-reactive ketones (excluding diaryl/α,β-unsaturated/α-hetero) is 1. The van der Waals surface area contributed by atoms with Crippen molar-refractivity contribution in [3.8, 4) is 5.75 Å². The summed E-state index contributed by atoms with van der Waals surface area (Å²) < 4.78 is 37.3. The number of esters is 1. The molecule has 180 valence electrons. The van der Waals surface area contributed by atoms with Crippen molar-refractivity contribution in [2.24, 2.45) is 0 Å². The molecule has 0 bridgehead atoms. The lowest BCUT2D eigenvalue weighted by molar-refractivity contribution is -0.142. The number of hydrogen-bond donors (Lipinski definition) is 0. The minimum Gasteiger partial charge on any atom is -0.479 e. The van der Waals surface area contributed by atoms with Crippen LogP contribution in [0, 0.1) is 0 Å². The summed E-state index contributed by atoms with van der Waals surface area (Å²) in [6, 6.07) is 12.7. The van der Waals surface area contributed by atoms with Crippen molar-refractivity contribution in [3.05, 3.63) is 54.1 Å². The number of rotatable bonds is 8. The molecule has 0 aromatic heterocycles. The number of benzene rings is 2. The van der Waals surface area contributed by atoms with Crippen LogP contribution < -0.4 is 9.64 Å². The first-order valence-electron chi connectivity index (χ1n) is 11.1. The molecule has 0 N–H and O–H groups in total. The summed E-state index contributed by atoms with van der Waals surface area (Å²) in [5.74, 6) is -0.759. The topological polar surface area (TPSA) is 110 Å². The summed E-state index contributed by atoms with van der Waals surface area (Å²) in [7, 11) is -3.56. The molecule has 10 heteroatoms. The Morgan fingerprint density at radius 1 is 1.06 bits per heavy atom. The molecule has 2 heterocycles. The van der Waals surface area contributed by atoms with E-state index in [9.17, 15) is 22.8 Å². The molecule has 1 atom stereocenters. The van der Waals surface area contributed by atoms with E-state index in [1.807, 2.05) is 0 Å². The number of anilines is 1. The fourth-order valence-electron chi connectivity index (χ4n) is 3.98. The molecular weight excluding hydrogens is 460 g/mol. The molecule has 1 saturated heterocycles. The predicted octanol–water partition coefficient (Wildman–Crippen LogP) is 2.40. The average molecular weight is 487 g/mol. The second kappa shape index (κ2) is 9.94. The van der Waals surface area contributed by atoms with Gasteiger partial charge in [0.15, 0.2) is 18.5 Å². The van der Waals surface area contributed by atoms with Gasteiger partial charge < -0.3 is 14.4 Å². The van der Waals surface area contributed by atoms with Crippen LogP contribution in [0.3, 0.4) is 0 Å². The van der Waals surface area contributed by atoms with E-state index >= 15 is 0 Å². The molecule has 4 rings (SSSR count). The van der Waals surface area contributed by atoms with E-state index < -0.39 is 34.5 Å². The summed E-state index contributed by atoms with van der Waals surface area (Å²) in [5.41, 5.74) is 0.831. The molecule has 1 fully saturated rings. The number of fused-ring (bicyclic) bond motifs is 1. The first-order valence-corrected chi connectivity index (χ1v) is 12.6. The summed E-state index contributed by atoms with van der Waals surface area (Å²) in [6.45, 7) is 2.27. The van der Waals surface area contributed by atoms with Gasteiger partial charge in [0.05, 0.1) is 17.0 Å². The molecule has 0 spiro atoms. The number of nitrogens with zero attached hydrogens (tertiary/aromatic N) is 2. The Morgan fingerprint density at radius 2 is 1.74 bits per heavy atom. The Balaban J connectivity index is 1.30. The minimum absolute atomic E-state index is 0.0902.